The molecule has 0 fully saturated rings. The maximum absolute atomic E-state index is 13.5. The fraction of sp³-hybridized carbons (Fsp3) is 0.455. The number of anilines is 2. The van der Waals surface area contributed by atoms with Gasteiger partial charge in [0.1, 0.15) is 11.6 Å². The number of rotatable bonds is 14. The number of ether oxygens (including phenoxy) is 1. The predicted octanol–water partition coefficient (Wildman–Crippen LogP) is 7.83. The van der Waals surface area contributed by atoms with Crippen LogP contribution in [0.25, 0.3) is 0 Å². The summed E-state index contributed by atoms with van der Waals surface area (Å²) in [6.45, 7) is 15.3. The number of pyridine rings is 1. The summed E-state index contributed by atoms with van der Waals surface area (Å²) >= 11 is 0. The van der Waals surface area contributed by atoms with Crippen LogP contribution in [-0.2, 0) is 25.6 Å². The number of amides is 1. The number of hydrogen-bond donors (Lipinski definition) is 2. The monoisotopic (exact) mass is 579 g/mol. The number of nitrogens with one attached hydrogen (secondary N) is 2. The van der Waals surface area contributed by atoms with E-state index >= 15 is 0 Å². The third-order valence-corrected chi connectivity index (χ3v) is 9.35. The SMILES string of the molecule is CCCCC(Oc1ccc(C(C)(C)CC)cc1C(C)(C)CC)C(=O)Nc1ccc(S(=O)(=O)Nc2ccccn2)cc1. The molecule has 41 heavy (non-hydrogen) atoms. The van der Waals surface area contributed by atoms with Crippen LogP contribution in [0.2, 0.25) is 0 Å². The van der Waals surface area contributed by atoms with Gasteiger partial charge in [0.15, 0.2) is 6.10 Å². The van der Waals surface area contributed by atoms with E-state index in [9.17, 15) is 13.2 Å². The van der Waals surface area contributed by atoms with Gasteiger partial charge in [0.25, 0.3) is 15.9 Å². The number of nitrogens with zero attached hydrogens (tertiary/aromatic N) is 1. The molecule has 3 aromatic rings. The first-order valence-electron chi connectivity index (χ1n) is 14.5. The quantitative estimate of drug-likeness (QED) is 0.203. The molecule has 0 aliphatic heterocycles. The van der Waals surface area contributed by atoms with Crippen LogP contribution in [0.15, 0.2) is 71.8 Å². The Kier molecular flexibility index (Phi) is 10.6. The minimum atomic E-state index is -3.82. The van der Waals surface area contributed by atoms with E-state index in [1.165, 1.54) is 23.9 Å². The Bertz CT molecular complexity index is 1400. The maximum atomic E-state index is 13.5. The molecule has 1 heterocycles. The first-order valence-corrected chi connectivity index (χ1v) is 16.0. The molecule has 2 aromatic carbocycles. The molecule has 1 atom stereocenters. The van der Waals surface area contributed by atoms with Crippen LogP contribution in [0, 0.1) is 0 Å². The van der Waals surface area contributed by atoms with E-state index in [1.54, 1.807) is 30.3 Å². The van der Waals surface area contributed by atoms with Crippen molar-refractivity contribution in [3.05, 3.63) is 78.0 Å². The van der Waals surface area contributed by atoms with E-state index in [1.807, 2.05) is 6.07 Å². The Balaban J connectivity index is 1.83. The Morgan fingerprint density at radius 3 is 2.20 bits per heavy atom. The third-order valence-electron chi connectivity index (χ3n) is 7.98. The number of benzene rings is 2. The van der Waals surface area contributed by atoms with Crippen molar-refractivity contribution in [2.24, 2.45) is 0 Å². The summed E-state index contributed by atoms with van der Waals surface area (Å²) in [7, 11) is -3.82. The molecule has 0 bridgehead atoms. The second-order valence-electron chi connectivity index (χ2n) is 11.8. The van der Waals surface area contributed by atoms with E-state index in [-0.39, 0.29) is 27.5 Å². The number of unbranched alkanes of at least 4 members (excludes halogenated alkanes) is 1. The van der Waals surface area contributed by atoms with Crippen LogP contribution < -0.4 is 14.8 Å². The molecule has 1 unspecified atom stereocenters. The minimum Gasteiger partial charge on any atom is -0.480 e. The van der Waals surface area contributed by atoms with E-state index in [0.29, 0.717) is 12.1 Å². The van der Waals surface area contributed by atoms with Gasteiger partial charge in [-0.25, -0.2) is 13.4 Å². The van der Waals surface area contributed by atoms with E-state index in [4.69, 9.17) is 4.74 Å². The van der Waals surface area contributed by atoms with E-state index < -0.39 is 16.1 Å². The molecule has 222 valence electrons. The summed E-state index contributed by atoms with van der Waals surface area (Å²) < 4.78 is 34.4. The number of aromatic nitrogens is 1. The summed E-state index contributed by atoms with van der Waals surface area (Å²) in [5.74, 6) is 0.697. The summed E-state index contributed by atoms with van der Waals surface area (Å²) in [5, 5.41) is 2.92. The lowest BCUT2D eigenvalue weighted by atomic mass is 9.76. The molecule has 1 amide bonds. The molecule has 8 heteroatoms. The molecule has 0 aliphatic carbocycles. The molecule has 0 saturated carbocycles. The number of sulfonamides is 1. The van der Waals surface area contributed by atoms with Crippen molar-refractivity contribution < 1.29 is 17.9 Å². The predicted molar refractivity (Wildman–Crippen MR) is 167 cm³/mol. The van der Waals surface area contributed by atoms with E-state index in [2.05, 4.69) is 75.6 Å². The maximum Gasteiger partial charge on any atom is 0.265 e. The summed E-state index contributed by atoms with van der Waals surface area (Å²) in [6, 6.07) is 17.4. The normalized spacial score (nSPS) is 13.0. The highest BCUT2D eigenvalue weighted by Gasteiger charge is 2.29. The Hall–Kier alpha value is -3.39. The fourth-order valence-electron chi connectivity index (χ4n) is 4.32. The zero-order valence-electron chi connectivity index (χ0n) is 25.5. The van der Waals surface area contributed by atoms with Gasteiger partial charge in [0.05, 0.1) is 4.90 Å². The van der Waals surface area contributed by atoms with Gasteiger partial charge in [-0.05, 0) is 84.5 Å². The van der Waals surface area contributed by atoms with Gasteiger partial charge in [0.2, 0.25) is 0 Å². The van der Waals surface area contributed by atoms with Crippen LogP contribution in [0.4, 0.5) is 11.5 Å². The highest BCUT2D eigenvalue weighted by atomic mass is 32.2. The second kappa shape index (κ2) is 13.5. The molecule has 0 spiro atoms. The van der Waals surface area contributed by atoms with Crippen molar-refractivity contribution in [3.63, 3.8) is 0 Å². The lowest BCUT2D eigenvalue weighted by Gasteiger charge is -2.31. The molecular formula is C33H45N3O4S. The first kappa shape index (κ1) is 32.1. The molecule has 1 aromatic heterocycles. The third kappa shape index (κ3) is 8.32. The fourth-order valence-corrected chi connectivity index (χ4v) is 5.33. The van der Waals surface area contributed by atoms with Crippen molar-refractivity contribution in [2.45, 2.75) is 102 Å². The van der Waals surface area contributed by atoms with Gasteiger partial charge in [-0.2, -0.15) is 0 Å². The van der Waals surface area contributed by atoms with Gasteiger partial charge in [-0.1, -0.05) is 73.1 Å². The Labute approximate surface area is 246 Å². The van der Waals surface area contributed by atoms with Crippen LogP contribution >= 0.6 is 0 Å². The largest absolute Gasteiger partial charge is 0.480 e. The van der Waals surface area contributed by atoms with Gasteiger partial charge in [0, 0.05) is 17.4 Å². The molecule has 3 rings (SSSR count). The van der Waals surface area contributed by atoms with Crippen LogP contribution in [-0.4, -0.2) is 25.4 Å². The number of carbonyl (C=O) groups excluding carboxylic acids is 1. The number of hydrogen-bond acceptors (Lipinski definition) is 5. The summed E-state index contributed by atoms with van der Waals surface area (Å²) in [5.41, 5.74) is 2.74. The van der Waals surface area contributed by atoms with Crippen molar-refractivity contribution in [1.29, 1.82) is 0 Å². The van der Waals surface area contributed by atoms with Crippen molar-refractivity contribution in [3.8, 4) is 5.75 Å². The van der Waals surface area contributed by atoms with Crippen molar-refractivity contribution >= 4 is 27.4 Å². The summed E-state index contributed by atoms with van der Waals surface area (Å²) in [4.78, 5) is 17.6. The molecular weight excluding hydrogens is 534 g/mol. The average Bonchev–Trinajstić information content (AvgIpc) is 2.95. The lowest BCUT2D eigenvalue weighted by Crippen LogP contribution is -2.34. The highest BCUT2D eigenvalue weighted by Crippen LogP contribution is 2.39. The van der Waals surface area contributed by atoms with Gasteiger partial charge >= 0.3 is 0 Å². The Morgan fingerprint density at radius 2 is 1.61 bits per heavy atom. The standard InChI is InChI=1S/C33H45N3O4S/c1-8-11-14-29(40-28-21-16-24(32(4,5)9-2)23-27(28)33(6,7)10-3)31(37)35-25-17-19-26(20-18-25)41(38,39)36-30-15-12-13-22-34-30/h12-13,15-23,29H,8-11,14H2,1-7H3,(H,34,36)(H,35,37). The van der Waals surface area contributed by atoms with E-state index in [0.717, 1.165) is 37.0 Å². The van der Waals surface area contributed by atoms with Crippen molar-refractivity contribution in [1.82, 2.24) is 4.98 Å². The topological polar surface area (TPSA) is 97.4 Å². The van der Waals surface area contributed by atoms with Crippen LogP contribution in [0.3, 0.4) is 0 Å². The second-order valence-corrected chi connectivity index (χ2v) is 13.5. The number of carbonyl (C=O) groups is 1. The van der Waals surface area contributed by atoms with Crippen LogP contribution in [0.1, 0.15) is 91.7 Å². The van der Waals surface area contributed by atoms with Crippen molar-refractivity contribution in [2.75, 3.05) is 10.0 Å². The van der Waals surface area contributed by atoms with Gasteiger partial charge in [-0.15, -0.1) is 0 Å². The first-order chi connectivity index (χ1) is 19.3. The highest BCUT2D eigenvalue weighted by molar-refractivity contribution is 7.92. The van der Waals surface area contributed by atoms with Gasteiger partial charge in [-0.3, -0.25) is 9.52 Å². The molecule has 2 N–H and O–H groups in total. The summed E-state index contributed by atoms with van der Waals surface area (Å²) in [6.07, 6.45) is 5.09. The minimum absolute atomic E-state index is 0.0306. The molecule has 0 radical (unpaired) electrons. The molecule has 0 aliphatic rings. The van der Waals surface area contributed by atoms with Gasteiger partial charge < -0.3 is 10.1 Å². The zero-order valence-corrected chi connectivity index (χ0v) is 26.3. The molecule has 7 nitrogen and oxygen atoms in total. The zero-order chi connectivity index (χ0) is 30.3. The average molecular weight is 580 g/mol. The smallest absolute Gasteiger partial charge is 0.265 e. The van der Waals surface area contributed by atoms with Crippen LogP contribution in [0.5, 0.6) is 5.75 Å². The Morgan fingerprint density at radius 1 is 0.927 bits per heavy atom. The molecule has 0 saturated heterocycles. The lowest BCUT2D eigenvalue weighted by molar-refractivity contribution is -0.123.